The molecule has 3 heterocycles. The standard InChI is InChI=1S/C28H32FN7O5S2/c29-21-8-6-19(7-9-21)18-36-27-25(32-34-36)28(37)31-26(30-27)20-14-16-35(17-15-20)43(40,41)24-12-10-23(11-13-24)42(38,39)33-22-4-2-1-3-5-22/h6-13,20,22,33H,1-5,14-18H2,(H,30,31,37). The van der Waals surface area contributed by atoms with Gasteiger partial charge in [0.15, 0.2) is 11.2 Å². The van der Waals surface area contributed by atoms with Gasteiger partial charge in [0.1, 0.15) is 11.6 Å². The van der Waals surface area contributed by atoms with E-state index in [4.69, 9.17) is 0 Å². The number of rotatable bonds is 8. The third-order valence-corrected chi connectivity index (χ3v) is 11.6. The fourth-order valence-electron chi connectivity index (χ4n) is 5.76. The molecule has 0 radical (unpaired) electrons. The van der Waals surface area contributed by atoms with Crippen LogP contribution in [0.3, 0.4) is 0 Å². The molecule has 228 valence electrons. The highest BCUT2D eigenvalue weighted by Crippen LogP contribution is 2.30. The van der Waals surface area contributed by atoms with E-state index in [1.54, 1.807) is 12.1 Å². The van der Waals surface area contributed by atoms with E-state index in [1.165, 1.54) is 45.4 Å². The molecule has 2 fully saturated rings. The summed E-state index contributed by atoms with van der Waals surface area (Å²) in [4.78, 5) is 20.2. The monoisotopic (exact) mass is 629 g/mol. The predicted molar refractivity (Wildman–Crippen MR) is 156 cm³/mol. The van der Waals surface area contributed by atoms with Crippen molar-refractivity contribution in [3.8, 4) is 0 Å². The van der Waals surface area contributed by atoms with Gasteiger partial charge in [-0.2, -0.15) is 4.31 Å². The predicted octanol–water partition coefficient (Wildman–Crippen LogP) is 2.88. The Morgan fingerprint density at radius 1 is 0.884 bits per heavy atom. The molecule has 1 aliphatic heterocycles. The van der Waals surface area contributed by atoms with E-state index >= 15 is 0 Å². The Balaban J connectivity index is 1.14. The lowest BCUT2D eigenvalue weighted by Gasteiger charge is -2.30. The smallest absolute Gasteiger partial charge is 0.281 e. The molecule has 2 aromatic heterocycles. The first-order valence-corrected chi connectivity index (χ1v) is 17.2. The molecule has 2 N–H and O–H groups in total. The summed E-state index contributed by atoms with van der Waals surface area (Å²) in [6.07, 6.45) is 5.52. The van der Waals surface area contributed by atoms with Gasteiger partial charge in [0.05, 0.1) is 16.3 Å². The van der Waals surface area contributed by atoms with Crippen molar-refractivity contribution in [3.63, 3.8) is 0 Å². The third-order valence-electron chi connectivity index (χ3n) is 8.18. The number of aromatic nitrogens is 5. The molecule has 1 saturated carbocycles. The lowest BCUT2D eigenvalue weighted by Crippen LogP contribution is -2.38. The quantitative estimate of drug-likeness (QED) is 0.301. The summed E-state index contributed by atoms with van der Waals surface area (Å²) in [5.74, 6) is -0.127. The summed E-state index contributed by atoms with van der Waals surface area (Å²) in [6, 6.07) is 11.1. The van der Waals surface area contributed by atoms with Crippen molar-refractivity contribution in [2.45, 2.75) is 73.2 Å². The topological polar surface area (TPSA) is 160 Å². The fraction of sp³-hybridized carbons (Fsp3) is 0.429. The van der Waals surface area contributed by atoms with Crippen molar-refractivity contribution >= 4 is 31.2 Å². The summed E-state index contributed by atoms with van der Waals surface area (Å²) >= 11 is 0. The molecule has 2 aliphatic rings. The number of nitrogens with one attached hydrogen (secondary N) is 2. The zero-order valence-electron chi connectivity index (χ0n) is 23.3. The molecule has 15 heteroatoms. The van der Waals surface area contributed by atoms with E-state index in [0.717, 1.165) is 37.7 Å². The van der Waals surface area contributed by atoms with E-state index in [-0.39, 0.29) is 52.7 Å². The number of sulfonamides is 2. The molecule has 0 spiro atoms. The zero-order chi connectivity index (χ0) is 30.2. The molecule has 0 unspecified atom stereocenters. The Kier molecular flexibility index (Phi) is 8.15. The third kappa shape index (κ3) is 6.25. The molecule has 4 aromatic rings. The minimum Gasteiger partial charge on any atom is -0.308 e. The van der Waals surface area contributed by atoms with Crippen LogP contribution in [0.4, 0.5) is 4.39 Å². The molecule has 6 rings (SSSR count). The Hall–Kier alpha value is -3.53. The van der Waals surface area contributed by atoms with E-state index in [1.807, 2.05) is 0 Å². The lowest BCUT2D eigenvalue weighted by atomic mass is 9.96. The van der Waals surface area contributed by atoms with Gasteiger partial charge in [-0.15, -0.1) is 5.10 Å². The van der Waals surface area contributed by atoms with Gasteiger partial charge in [-0.05, 0) is 67.6 Å². The van der Waals surface area contributed by atoms with Gasteiger partial charge in [0.25, 0.3) is 5.56 Å². The van der Waals surface area contributed by atoms with Crippen LogP contribution < -0.4 is 10.3 Å². The van der Waals surface area contributed by atoms with Crippen molar-refractivity contribution in [1.29, 1.82) is 0 Å². The number of nitrogens with zero attached hydrogens (tertiary/aromatic N) is 5. The Morgan fingerprint density at radius 3 is 2.21 bits per heavy atom. The van der Waals surface area contributed by atoms with Crippen molar-refractivity contribution in [3.05, 3.63) is 76.1 Å². The largest absolute Gasteiger partial charge is 0.308 e. The van der Waals surface area contributed by atoms with E-state index < -0.39 is 25.6 Å². The molecule has 1 saturated heterocycles. The van der Waals surface area contributed by atoms with E-state index in [9.17, 15) is 26.0 Å². The van der Waals surface area contributed by atoms with Gasteiger partial charge in [0, 0.05) is 25.0 Å². The molecule has 0 bridgehead atoms. The minimum absolute atomic E-state index is 0.0197. The van der Waals surface area contributed by atoms with Crippen molar-refractivity contribution in [1.82, 2.24) is 34.0 Å². The van der Waals surface area contributed by atoms with Gasteiger partial charge in [0.2, 0.25) is 20.0 Å². The maximum atomic E-state index is 13.4. The van der Waals surface area contributed by atoms with Crippen LogP contribution in [0.2, 0.25) is 0 Å². The number of benzene rings is 2. The van der Waals surface area contributed by atoms with Crippen LogP contribution in [0.1, 0.15) is 62.3 Å². The summed E-state index contributed by atoms with van der Waals surface area (Å²) in [7, 11) is -7.60. The van der Waals surface area contributed by atoms with Crippen LogP contribution >= 0.6 is 0 Å². The highest BCUT2D eigenvalue weighted by atomic mass is 32.2. The number of hydrogen-bond acceptors (Lipinski definition) is 8. The van der Waals surface area contributed by atoms with Gasteiger partial charge in [-0.25, -0.2) is 35.6 Å². The summed E-state index contributed by atoms with van der Waals surface area (Å²) < 4.78 is 71.3. The van der Waals surface area contributed by atoms with E-state index in [0.29, 0.717) is 24.3 Å². The second-order valence-electron chi connectivity index (χ2n) is 11.1. The molecule has 0 atom stereocenters. The highest BCUT2D eigenvalue weighted by Gasteiger charge is 2.32. The van der Waals surface area contributed by atoms with Crippen LogP contribution in [0.5, 0.6) is 0 Å². The van der Waals surface area contributed by atoms with Crippen molar-refractivity contribution in [2.24, 2.45) is 0 Å². The molecule has 1 aliphatic carbocycles. The molecular formula is C28H32FN7O5S2. The van der Waals surface area contributed by atoms with Gasteiger partial charge in [-0.3, -0.25) is 4.79 Å². The molecular weight excluding hydrogens is 597 g/mol. The van der Waals surface area contributed by atoms with Crippen LogP contribution in [0.15, 0.2) is 63.1 Å². The van der Waals surface area contributed by atoms with Gasteiger partial charge < -0.3 is 4.98 Å². The number of hydrogen-bond donors (Lipinski definition) is 2. The highest BCUT2D eigenvalue weighted by molar-refractivity contribution is 7.89. The molecule has 12 nitrogen and oxygen atoms in total. The van der Waals surface area contributed by atoms with Gasteiger partial charge in [-0.1, -0.05) is 36.6 Å². The first-order valence-electron chi connectivity index (χ1n) is 14.3. The second kappa shape index (κ2) is 11.9. The SMILES string of the molecule is O=c1[nH]c(C2CCN(S(=O)(=O)c3ccc(S(=O)(=O)NC4CCCCC4)cc3)CC2)nc2c1nnn2Cc1ccc(F)cc1. The fourth-order valence-corrected chi connectivity index (χ4v) is 8.54. The van der Waals surface area contributed by atoms with Crippen LogP contribution in [0, 0.1) is 5.82 Å². The van der Waals surface area contributed by atoms with E-state index in [2.05, 4.69) is 25.0 Å². The summed E-state index contributed by atoms with van der Waals surface area (Å²) in [5.41, 5.74) is 0.714. The maximum absolute atomic E-state index is 13.4. The number of halogens is 1. The van der Waals surface area contributed by atoms with Crippen molar-refractivity contribution in [2.75, 3.05) is 13.1 Å². The minimum atomic E-state index is -3.86. The Bertz CT molecular complexity index is 1880. The summed E-state index contributed by atoms with van der Waals surface area (Å²) in [5, 5.41) is 8.00. The van der Waals surface area contributed by atoms with Crippen molar-refractivity contribution < 1.29 is 21.2 Å². The number of H-pyrrole nitrogens is 1. The number of fused-ring (bicyclic) bond motifs is 1. The first kappa shape index (κ1) is 29.5. The maximum Gasteiger partial charge on any atom is 0.281 e. The average molecular weight is 630 g/mol. The Labute approximate surface area is 248 Å². The number of piperidine rings is 1. The van der Waals surface area contributed by atoms with Crippen LogP contribution in [-0.2, 0) is 26.6 Å². The molecule has 2 aromatic carbocycles. The normalized spacial score (nSPS) is 17.9. The van der Waals surface area contributed by atoms with Crippen LogP contribution in [0.25, 0.3) is 11.2 Å². The zero-order valence-corrected chi connectivity index (χ0v) is 24.9. The first-order chi connectivity index (χ1) is 20.6. The molecule has 0 amide bonds. The second-order valence-corrected chi connectivity index (χ2v) is 14.8. The number of aromatic amines is 1. The molecule has 43 heavy (non-hydrogen) atoms. The van der Waals surface area contributed by atoms with Gasteiger partial charge >= 0.3 is 0 Å². The van der Waals surface area contributed by atoms with Crippen LogP contribution in [-0.4, -0.2) is 65.2 Å². The average Bonchev–Trinajstić information content (AvgIpc) is 3.42. The summed E-state index contributed by atoms with van der Waals surface area (Å²) in [6.45, 7) is 0.649. The lowest BCUT2D eigenvalue weighted by molar-refractivity contribution is 0.313. The Morgan fingerprint density at radius 2 is 1.53 bits per heavy atom.